The molecule has 7 nitrogen and oxygen atoms in total. The molecule has 1 unspecified atom stereocenters. The maximum absolute atomic E-state index is 13.9. The number of nitrogens with one attached hydrogen (secondary N) is 2. The number of hydrogen-bond acceptors (Lipinski definition) is 4. The lowest BCUT2D eigenvalue weighted by atomic mass is 10.1. The summed E-state index contributed by atoms with van der Waals surface area (Å²) in [6, 6.07) is 10.5. The summed E-state index contributed by atoms with van der Waals surface area (Å²) < 4.78 is 42.9. The summed E-state index contributed by atoms with van der Waals surface area (Å²) in [6.07, 6.45) is 2.59. The minimum atomic E-state index is -3.83. The van der Waals surface area contributed by atoms with Crippen LogP contribution in [0.25, 0.3) is 0 Å². The lowest BCUT2D eigenvalue weighted by Crippen LogP contribution is -2.38. The van der Waals surface area contributed by atoms with Crippen LogP contribution in [0.3, 0.4) is 0 Å². The fourth-order valence-electron chi connectivity index (χ4n) is 2.68. The smallest absolute Gasteiger partial charge is 0.251 e. The van der Waals surface area contributed by atoms with E-state index in [1.807, 2.05) is 0 Å². The Morgan fingerprint density at radius 3 is 2.60 bits per heavy atom. The second-order valence-electron chi connectivity index (χ2n) is 6.39. The van der Waals surface area contributed by atoms with Crippen LogP contribution < -0.4 is 10.0 Å². The molecule has 0 aliphatic heterocycles. The van der Waals surface area contributed by atoms with Crippen molar-refractivity contribution in [1.82, 2.24) is 19.8 Å². The van der Waals surface area contributed by atoms with Crippen LogP contribution in [0, 0.1) is 5.82 Å². The predicted molar refractivity (Wildman–Crippen MR) is 114 cm³/mol. The largest absolute Gasteiger partial charge is 0.344 e. The molecule has 30 heavy (non-hydrogen) atoms. The molecule has 0 bridgehead atoms. The molecule has 158 valence electrons. The van der Waals surface area contributed by atoms with Gasteiger partial charge in [-0.3, -0.25) is 9.48 Å². The van der Waals surface area contributed by atoms with Crippen molar-refractivity contribution in [3.8, 4) is 0 Å². The van der Waals surface area contributed by atoms with Crippen molar-refractivity contribution in [2.75, 3.05) is 6.54 Å². The standard InChI is InChI=1S/C19H17BrClFN4O3S/c1-26-11-14(9-23-26)30(28,29)24-10-17(12-5-3-2-4-6-12)25-19(27)13-7-15(21)18(20)16(22)8-13/h2-9,11,17,24H,10H2,1H3,(H,25,27). The van der Waals surface area contributed by atoms with E-state index in [1.54, 1.807) is 37.4 Å². The van der Waals surface area contributed by atoms with Gasteiger partial charge >= 0.3 is 0 Å². The molecule has 1 atom stereocenters. The number of aromatic nitrogens is 2. The average Bonchev–Trinajstić information content (AvgIpc) is 3.16. The highest BCUT2D eigenvalue weighted by Gasteiger charge is 2.22. The zero-order valence-electron chi connectivity index (χ0n) is 15.6. The van der Waals surface area contributed by atoms with Crippen molar-refractivity contribution in [3.63, 3.8) is 0 Å². The molecule has 0 fully saturated rings. The molecule has 2 N–H and O–H groups in total. The van der Waals surface area contributed by atoms with E-state index in [0.29, 0.717) is 5.56 Å². The van der Waals surface area contributed by atoms with Crippen LogP contribution in [0.4, 0.5) is 4.39 Å². The van der Waals surface area contributed by atoms with Gasteiger partial charge in [-0.05, 0) is 33.6 Å². The van der Waals surface area contributed by atoms with Crippen molar-refractivity contribution in [2.45, 2.75) is 10.9 Å². The molecule has 0 radical (unpaired) electrons. The normalized spacial score (nSPS) is 12.5. The van der Waals surface area contributed by atoms with Gasteiger partial charge in [0.25, 0.3) is 5.91 Å². The van der Waals surface area contributed by atoms with E-state index in [4.69, 9.17) is 11.6 Å². The Morgan fingerprint density at radius 2 is 2.00 bits per heavy atom. The lowest BCUT2D eigenvalue weighted by molar-refractivity contribution is 0.0936. The Hall–Kier alpha value is -2.27. The summed E-state index contributed by atoms with van der Waals surface area (Å²) in [5.41, 5.74) is 0.681. The monoisotopic (exact) mass is 514 g/mol. The van der Waals surface area contributed by atoms with Gasteiger partial charge in [0.1, 0.15) is 10.7 Å². The van der Waals surface area contributed by atoms with E-state index in [1.165, 1.54) is 23.1 Å². The molecule has 3 aromatic rings. The number of rotatable bonds is 7. The Kier molecular flexibility index (Phi) is 6.91. The zero-order valence-corrected chi connectivity index (χ0v) is 18.8. The number of aryl methyl sites for hydroxylation is 1. The highest BCUT2D eigenvalue weighted by Crippen LogP contribution is 2.27. The Labute approximate surface area is 186 Å². The van der Waals surface area contributed by atoms with Gasteiger partial charge in [0.15, 0.2) is 0 Å². The molecule has 1 heterocycles. The second kappa shape index (κ2) is 9.25. The van der Waals surface area contributed by atoms with Gasteiger partial charge in [-0.1, -0.05) is 41.9 Å². The highest BCUT2D eigenvalue weighted by atomic mass is 79.9. The molecule has 3 rings (SSSR count). The first-order chi connectivity index (χ1) is 14.2. The van der Waals surface area contributed by atoms with Crippen LogP contribution in [0.5, 0.6) is 0 Å². The van der Waals surface area contributed by atoms with Crippen LogP contribution in [-0.4, -0.2) is 30.7 Å². The summed E-state index contributed by atoms with van der Waals surface area (Å²) in [4.78, 5) is 12.7. The Bertz CT molecular complexity index is 1150. The number of nitrogens with zero attached hydrogens (tertiary/aromatic N) is 2. The summed E-state index contributed by atoms with van der Waals surface area (Å²) in [5, 5.41) is 6.63. The SMILES string of the molecule is Cn1cc(S(=O)(=O)NCC(NC(=O)c2cc(F)c(Br)c(Cl)c2)c2ccccc2)cn1. The maximum atomic E-state index is 13.9. The van der Waals surface area contributed by atoms with E-state index in [2.05, 4.69) is 31.1 Å². The Morgan fingerprint density at radius 1 is 1.30 bits per heavy atom. The molecule has 0 saturated carbocycles. The summed E-state index contributed by atoms with van der Waals surface area (Å²) in [7, 11) is -2.23. The summed E-state index contributed by atoms with van der Waals surface area (Å²) in [5.74, 6) is -1.28. The van der Waals surface area contributed by atoms with Crippen molar-refractivity contribution < 1.29 is 17.6 Å². The number of amides is 1. The van der Waals surface area contributed by atoms with Crippen molar-refractivity contribution >= 4 is 43.5 Å². The topological polar surface area (TPSA) is 93.1 Å². The first kappa shape index (κ1) is 22.4. The van der Waals surface area contributed by atoms with Gasteiger partial charge in [-0.25, -0.2) is 17.5 Å². The predicted octanol–water partition coefficient (Wildman–Crippen LogP) is 3.42. The quantitative estimate of drug-likeness (QED) is 0.472. The first-order valence-electron chi connectivity index (χ1n) is 8.66. The summed E-state index contributed by atoms with van der Waals surface area (Å²) >= 11 is 8.94. The van der Waals surface area contributed by atoms with Gasteiger partial charge < -0.3 is 5.32 Å². The molecule has 2 aromatic carbocycles. The minimum absolute atomic E-state index is 0.00454. The molecule has 1 aromatic heterocycles. The fraction of sp³-hybridized carbons (Fsp3) is 0.158. The van der Waals surface area contributed by atoms with Gasteiger partial charge in [-0.15, -0.1) is 0 Å². The molecular weight excluding hydrogens is 499 g/mol. The third kappa shape index (κ3) is 5.25. The van der Waals surface area contributed by atoms with E-state index in [9.17, 15) is 17.6 Å². The molecule has 11 heteroatoms. The number of halogens is 3. The number of hydrogen-bond donors (Lipinski definition) is 2. The average molecular weight is 516 g/mol. The number of carbonyl (C=O) groups is 1. The van der Waals surface area contributed by atoms with Crippen LogP contribution in [-0.2, 0) is 17.1 Å². The molecule has 0 aliphatic rings. The molecular formula is C19H17BrClFN4O3S. The fourth-order valence-corrected chi connectivity index (χ4v) is 4.15. The molecule has 0 spiro atoms. The number of benzene rings is 2. The van der Waals surface area contributed by atoms with Crippen molar-refractivity contribution in [3.05, 3.63) is 81.3 Å². The molecule has 0 aliphatic carbocycles. The Balaban J connectivity index is 1.82. The van der Waals surface area contributed by atoms with Gasteiger partial charge in [0.05, 0.1) is 21.7 Å². The van der Waals surface area contributed by atoms with Crippen LogP contribution in [0.15, 0.2) is 64.2 Å². The van der Waals surface area contributed by atoms with E-state index in [-0.39, 0.29) is 26.5 Å². The second-order valence-corrected chi connectivity index (χ2v) is 9.36. The van der Waals surface area contributed by atoms with Gasteiger partial charge in [-0.2, -0.15) is 5.10 Å². The van der Waals surface area contributed by atoms with Gasteiger partial charge in [0.2, 0.25) is 10.0 Å². The van der Waals surface area contributed by atoms with Crippen LogP contribution in [0.2, 0.25) is 5.02 Å². The maximum Gasteiger partial charge on any atom is 0.251 e. The van der Waals surface area contributed by atoms with E-state index in [0.717, 1.165) is 6.07 Å². The van der Waals surface area contributed by atoms with E-state index < -0.39 is 27.8 Å². The van der Waals surface area contributed by atoms with Gasteiger partial charge in [0, 0.05) is 25.4 Å². The number of carbonyl (C=O) groups excluding carboxylic acids is 1. The molecule has 0 saturated heterocycles. The minimum Gasteiger partial charge on any atom is -0.344 e. The third-order valence-electron chi connectivity index (χ3n) is 4.22. The number of sulfonamides is 1. The third-order valence-corrected chi connectivity index (χ3v) is 6.93. The van der Waals surface area contributed by atoms with Crippen molar-refractivity contribution in [2.24, 2.45) is 7.05 Å². The molecule has 1 amide bonds. The lowest BCUT2D eigenvalue weighted by Gasteiger charge is -2.20. The van der Waals surface area contributed by atoms with Crippen LogP contribution in [0.1, 0.15) is 22.0 Å². The zero-order chi connectivity index (χ0) is 21.9. The van der Waals surface area contributed by atoms with Crippen molar-refractivity contribution in [1.29, 1.82) is 0 Å². The highest BCUT2D eigenvalue weighted by molar-refractivity contribution is 9.10. The first-order valence-corrected chi connectivity index (χ1v) is 11.3. The summed E-state index contributed by atoms with van der Waals surface area (Å²) in [6.45, 7) is -0.125. The van der Waals surface area contributed by atoms with Crippen LogP contribution >= 0.6 is 27.5 Å². The van der Waals surface area contributed by atoms with E-state index >= 15 is 0 Å².